The molecular weight excluding hydrogens is 296 g/mol. The molecule has 0 spiro atoms. The van der Waals surface area contributed by atoms with Crippen LogP contribution in [-0.2, 0) is 9.53 Å². The number of ether oxygens (including phenoxy) is 1. The molecule has 0 aromatic rings. The van der Waals surface area contributed by atoms with Gasteiger partial charge in [0.15, 0.2) is 5.78 Å². The summed E-state index contributed by atoms with van der Waals surface area (Å²) in [4.78, 5) is 12.4. The lowest BCUT2D eigenvalue weighted by molar-refractivity contribution is -0.112. The maximum absolute atomic E-state index is 12.4. The van der Waals surface area contributed by atoms with E-state index in [0.29, 0.717) is 16.9 Å². The van der Waals surface area contributed by atoms with Gasteiger partial charge in [-0.25, -0.2) is 0 Å². The second-order valence-corrected chi connectivity index (χ2v) is 4.02. The monoisotopic (exact) mass is 324 g/mol. The summed E-state index contributed by atoms with van der Waals surface area (Å²) in [6.45, 7) is 14.7. The second-order valence-electron chi connectivity index (χ2n) is 3.53. The number of methoxy groups -OCH3 is 1. The van der Waals surface area contributed by atoms with Gasteiger partial charge in [0.2, 0.25) is 0 Å². The Labute approximate surface area is 141 Å². The van der Waals surface area contributed by atoms with E-state index in [0.717, 1.165) is 0 Å². The Morgan fingerprint density at radius 1 is 1.18 bits per heavy atom. The lowest BCUT2D eigenvalue weighted by Gasteiger charge is -2.10. The molecule has 0 saturated carbocycles. The molecule has 124 valence electrons. The molecule has 2 nitrogen and oxygen atoms in total. The lowest BCUT2D eigenvalue weighted by atomic mass is 10.0. The van der Waals surface area contributed by atoms with E-state index in [1.54, 1.807) is 44.2 Å². The maximum Gasteiger partial charge on any atom is 0.196 e. The number of halogens is 1. The molecule has 0 amide bonds. The molecule has 0 N–H and O–H groups in total. The first-order valence-corrected chi connectivity index (χ1v) is 7.16. The fraction of sp³-hybridized carbons (Fsp3) is 0.316. The van der Waals surface area contributed by atoms with Crippen LogP contribution in [0.25, 0.3) is 0 Å². The fourth-order valence-electron chi connectivity index (χ4n) is 1.42. The zero-order valence-corrected chi connectivity index (χ0v) is 14.3. The molecule has 0 heterocycles. The number of ketones is 1. The van der Waals surface area contributed by atoms with Crippen LogP contribution in [0.4, 0.5) is 0 Å². The molecule has 0 aromatic carbocycles. The van der Waals surface area contributed by atoms with Gasteiger partial charge in [0.1, 0.15) is 5.76 Å². The van der Waals surface area contributed by atoms with Crippen molar-refractivity contribution >= 4 is 17.4 Å². The molecule has 0 saturated heterocycles. The number of carbonyl (C=O) groups excluding carboxylic acids is 1. The number of hydrogen-bond acceptors (Lipinski definition) is 2. The van der Waals surface area contributed by atoms with Crippen LogP contribution in [0.5, 0.6) is 0 Å². The molecule has 0 radical (unpaired) electrons. The number of allylic oxidation sites excluding steroid dienone is 9. The lowest BCUT2D eigenvalue weighted by Crippen LogP contribution is -2.09. The second kappa shape index (κ2) is 15.6. The predicted octanol–water partition coefficient (Wildman–Crippen LogP) is 6.14. The highest BCUT2D eigenvalue weighted by molar-refractivity contribution is 6.31. The summed E-state index contributed by atoms with van der Waals surface area (Å²) in [6.07, 6.45) is 9.90. The average Bonchev–Trinajstić information content (AvgIpc) is 2.49. The van der Waals surface area contributed by atoms with Gasteiger partial charge in [-0.15, -0.1) is 0 Å². The van der Waals surface area contributed by atoms with Gasteiger partial charge in [-0.05, 0) is 26.0 Å². The van der Waals surface area contributed by atoms with E-state index < -0.39 is 0 Å². The van der Waals surface area contributed by atoms with Crippen molar-refractivity contribution in [3.8, 4) is 0 Å². The summed E-state index contributed by atoms with van der Waals surface area (Å²) in [5.41, 5.74) is 0.896. The number of carbonyl (C=O) groups is 1. The van der Waals surface area contributed by atoms with Crippen molar-refractivity contribution in [2.45, 2.75) is 35.1 Å². The number of hydrogen-bond donors (Lipinski definition) is 0. The third-order valence-corrected chi connectivity index (χ3v) is 2.39. The van der Waals surface area contributed by atoms with Gasteiger partial charge in [-0.3, -0.25) is 4.79 Å². The molecule has 0 rings (SSSR count). The third kappa shape index (κ3) is 9.19. The predicted molar refractivity (Wildman–Crippen MR) is 100 cm³/mol. The fourth-order valence-corrected chi connectivity index (χ4v) is 1.53. The van der Waals surface area contributed by atoms with Gasteiger partial charge in [0.25, 0.3) is 0 Å². The number of rotatable bonds is 7. The summed E-state index contributed by atoms with van der Waals surface area (Å²) in [6, 6.07) is 0. The van der Waals surface area contributed by atoms with Crippen molar-refractivity contribution < 1.29 is 9.53 Å². The maximum atomic E-state index is 12.4. The highest BCUT2D eigenvalue weighted by atomic mass is 35.5. The van der Waals surface area contributed by atoms with Gasteiger partial charge in [0.05, 0.1) is 12.7 Å². The summed E-state index contributed by atoms with van der Waals surface area (Å²) in [5.74, 6) is 0.274. The van der Waals surface area contributed by atoms with Crippen LogP contribution in [0.2, 0.25) is 0 Å². The topological polar surface area (TPSA) is 26.3 Å². The van der Waals surface area contributed by atoms with E-state index in [2.05, 4.69) is 13.2 Å². The Bertz CT molecular complexity index is 478. The summed E-state index contributed by atoms with van der Waals surface area (Å²) in [7, 11) is 1.50. The van der Waals surface area contributed by atoms with E-state index in [1.165, 1.54) is 13.2 Å². The van der Waals surface area contributed by atoms with E-state index >= 15 is 0 Å². The smallest absolute Gasteiger partial charge is 0.196 e. The van der Waals surface area contributed by atoms with Gasteiger partial charge < -0.3 is 4.74 Å². The first-order chi connectivity index (χ1) is 10.0. The minimum absolute atomic E-state index is 0. The van der Waals surface area contributed by atoms with Crippen LogP contribution in [0.3, 0.4) is 0 Å². The Morgan fingerprint density at radius 2 is 1.73 bits per heavy atom. The van der Waals surface area contributed by atoms with Crippen LogP contribution in [0.15, 0.2) is 71.6 Å². The Morgan fingerprint density at radius 3 is 2.05 bits per heavy atom. The quantitative estimate of drug-likeness (QED) is 0.319. The van der Waals surface area contributed by atoms with Gasteiger partial charge in [-0.1, -0.05) is 70.3 Å². The molecular formula is C19H29ClO2. The van der Waals surface area contributed by atoms with Crippen molar-refractivity contribution in [2.75, 3.05) is 7.11 Å². The number of Topliss-reactive ketones (excluding diaryl/α,β-unsaturated/α-hetero) is 1. The first kappa shape index (κ1) is 25.2. The van der Waals surface area contributed by atoms with Crippen molar-refractivity contribution in [3.05, 3.63) is 71.6 Å². The van der Waals surface area contributed by atoms with Crippen LogP contribution in [-0.4, -0.2) is 12.9 Å². The SMILES string of the molecule is C.C=C/C=C\C(=C/C)C(=O)C(=C/C(=C)Cl)/C(=C\C)OC.CC. The van der Waals surface area contributed by atoms with E-state index in [9.17, 15) is 4.79 Å². The molecule has 22 heavy (non-hydrogen) atoms. The molecule has 0 bridgehead atoms. The van der Waals surface area contributed by atoms with Crippen molar-refractivity contribution in [2.24, 2.45) is 0 Å². The molecule has 0 aromatic heterocycles. The van der Waals surface area contributed by atoms with Crippen LogP contribution in [0, 0.1) is 0 Å². The van der Waals surface area contributed by atoms with Gasteiger partial charge >= 0.3 is 0 Å². The first-order valence-electron chi connectivity index (χ1n) is 6.78. The van der Waals surface area contributed by atoms with Crippen LogP contribution >= 0.6 is 11.6 Å². The molecule has 0 atom stereocenters. The minimum Gasteiger partial charge on any atom is -0.496 e. The van der Waals surface area contributed by atoms with Crippen molar-refractivity contribution in [3.63, 3.8) is 0 Å². The standard InChI is InChI=1S/C16H19ClO2.C2H6.CH4/c1-6-9-10-13(7-2)16(18)14(11-12(4)17)15(8-3)19-5;1-2;/h6-11H,1,4H2,2-3,5H3;1-2H3;1H4/b10-9-,13-7+,14-11+,15-8+;;. The van der Waals surface area contributed by atoms with Crippen LogP contribution in [0.1, 0.15) is 35.1 Å². The molecule has 0 aliphatic carbocycles. The summed E-state index contributed by atoms with van der Waals surface area (Å²) >= 11 is 5.77. The van der Waals surface area contributed by atoms with Crippen molar-refractivity contribution in [1.82, 2.24) is 0 Å². The van der Waals surface area contributed by atoms with Crippen molar-refractivity contribution in [1.29, 1.82) is 0 Å². The largest absolute Gasteiger partial charge is 0.496 e. The Kier molecular flexibility index (Phi) is 17.8. The normalized spacial score (nSPS) is 12.0. The highest BCUT2D eigenvalue weighted by Gasteiger charge is 2.17. The zero-order valence-electron chi connectivity index (χ0n) is 13.6. The molecule has 0 unspecified atom stereocenters. The van der Waals surface area contributed by atoms with E-state index in [4.69, 9.17) is 16.3 Å². The Hall–Kier alpha value is -1.80. The van der Waals surface area contributed by atoms with Crippen LogP contribution < -0.4 is 0 Å². The van der Waals surface area contributed by atoms with E-state index in [1.807, 2.05) is 13.8 Å². The zero-order chi connectivity index (χ0) is 16.8. The summed E-state index contributed by atoms with van der Waals surface area (Å²) < 4.78 is 5.18. The molecule has 3 heteroatoms. The van der Waals surface area contributed by atoms with E-state index in [-0.39, 0.29) is 18.2 Å². The van der Waals surface area contributed by atoms with Gasteiger partial charge in [0, 0.05) is 10.6 Å². The minimum atomic E-state index is -0.183. The average molecular weight is 325 g/mol. The Balaban J connectivity index is -0.00000115. The molecule has 0 aliphatic heterocycles. The summed E-state index contributed by atoms with van der Waals surface area (Å²) in [5, 5.41) is 0.267. The molecule has 0 aliphatic rings. The van der Waals surface area contributed by atoms with Gasteiger partial charge in [-0.2, -0.15) is 0 Å². The highest BCUT2D eigenvalue weighted by Crippen LogP contribution is 2.20. The third-order valence-electron chi connectivity index (χ3n) is 2.28. The molecule has 0 fully saturated rings.